The van der Waals surface area contributed by atoms with Crippen LogP contribution in [0.2, 0.25) is 0 Å². The summed E-state index contributed by atoms with van der Waals surface area (Å²) in [5.41, 5.74) is 19.5. The molecule has 2 aromatic rings. The molecule has 0 aromatic heterocycles. The molecule has 0 bridgehead atoms. The zero-order valence-electron chi connectivity index (χ0n) is 24.2. The lowest BCUT2D eigenvalue weighted by atomic mass is 9.98. The second-order valence-corrected chi connectivity index (χ2v) is 10.7. The molecule has 0 saturated carbocycles. The van der Waals surface area contributed by atoms with Crippen molar-refractivity contribution in [3.05, 3.63) is 88.0 Å². The molecule has 38 heavy (non-hydrogen) atoms. The monoisotopic (exact) mass is 508 g/mol. The van der Waals surface area contributed by atoms with Crippen molar-refractivity contribution in [3.63, 3.8) is 0 Å². The first kappa shape index (κ1) is 29.6. The maximum absolute atomic E-state index is 11.6. The Balaban J connectivity index is 1.77. The normalized spacial score (nSPS) is 13.0. The third-order valence-corrected chi connectivity index (χ3v) is 7.47. The van der Waals surface area contributed by atoms with Gasteiger partial charge in [-0.1, -0.05) is 96.0 Å². The highest BCUT2D eigenvalue weighted by molar-refractivity contribution is 5.79. The van der Waals surface area contributed by atoms with Gasteiger partial charge in [0.25, 0.3) is 0 Å². The predicted octanol–water partition coefficient (Wildman–Crippen LogP) is 10.7. The molecule has 202 valence electrons. The van der Waals surface area contributed by atoms with Crippen molar-refractivity contribution >= 4 is 11.4 Å². The highest BCUT2D eigenvalue weighted by Gasteiger charge is 2.29. The Kier molecular flexibility index (Phi) is 13.1. The Morgan fingerprint density at radius 1 is 0.684 bits per heavy atom. The van der Waals surface area contributed by atoms with Gasteiger partial charge in [-0.05, 0) is 67.9 Å². The van der Waals surface area contributed by atoms with Gasteiger partial charge >= 0.3 is 0 Å². The lowest BCUT2D eigenvalue weighted by molar-refractivity contribution is -0.344. The molecule has 1 heterocycles. The van der Waals surface area contributed by atoms with Crippen molar-refractivity contribution in [3.8, 4) is 11.8 Å². The topological polar surface area (TPSA) is 25.3 Å². The van der Waals surface area contributed by atoms with Crippen molar-refractivity contribution < 1.29 is 4.70 Å². The molecule has 0 amide bonds. The third kappa shape index (κ3) is 8.83. The van der Waals surface area contributed by atoms with E-state index in [1.54, 1.807) is 0 Å². The summed E-state index contributed by atoms with van der Waals surface area (Å²) in [7, 11) is 0. The number of nitrogens with zero attached hydrogens (tertiary/aromatic N) is 2. The van der Waals surface area contributed by atoms with Crippen molar-refractivity contribution in [1.29, 1.82) is 0 Å². The van der Waals surface area contributed by atoms with Crippen LogP contribution in [0.4, 0.5) is 0 Å². The summed E-state index contributed by atoms with van der Waals surface area (Å²) in [6.07, 6.45) is 19.4. The van der Waals surface area contributed by atoms with Crippen LogP contribution < -0.4 is 0 Å². The van der Waals surface area contributed by atoms with Gasteiger partial charge in [-0.25, -0.2) is 4.70 Å². The van der Waals surface area contributed by atoms with E-state index < -0.39 is 0 Å². The Hall–Kier alpha value is -2.92. The van der Waals surface area contributed by atoms with Crippen molar-refractivity contribution in [2.75, 3.05) is 0 Å². The van der Waals surface area contributed by atoms with Gasteiger partial charge in [0, 0.05) is 35.6 Å². The van der Waals surface area contributed by atoms with E-state index in [0.29, 0.717) is 0 Å². The fraction of sp³-hybridized carbons (Fsp3) is 0.500. The molecule has 0 fully saturated rings. The minimum Gasteiger partial charge on any atom is -0.493 e. The number of hydrogen-bond donors (Lipinski definition) is 0. The molecule has 0 spiro atoms. The van der Waals surface area contributed by atoms with Crippen LogP contribution in [0.25, 0.3) is 16.9 Å². The van der Waals surface area contributed by atoms with E-state index in [1.165, 1.54) is 79.2 Å². The molecular weight excluding hydrogens is 460 g/mol. The summed E-state index contributed by atoms with van der Waals surface area (Å²) in [4.78, 5) is 0. The van der Waals surface area contributed by atoms with Crippen LogP contribution in [0.1, 0.15) is 126 Å². The first-order valence-corrected chi connectivity index (χ1v) is 15.3. The number of benzene rings is 2. The van der Waals surface area contributed by atoms with Crippen LogP contribution in [0.3, 0.4) is 0 Å². The number of aryl methyl sites for hydroxylation is 2. The second-order valence-electron chi connectivity index (χ2n) is 10.7. The maximum atomic E-state index is 11.6. The molecule has 0 atom stereocenters. The fourth-order valence-electron chi connectivity index (χ4n) is 5.24. The average Bonchev–Trinajstić information content (AvgIpc) is 3.27. The summed E-state index contributed by atoms with van der Waals surface area (Å²) in [5, 5.41) is 0. The molecule has 0 saturated heterocycles. The molecule has 2 nitrogen and oxygen atoms in total. The maximum Gasteiger partial charge on any atom is 0.210 e. The summed E-state index contributed by atoms with van der Waals surface area (Å²) >= 11 is 0. The van der Waals surface area contributed by atoms with Gasteiger partial charge in [0.2, 0.25) is 11.4 Å². The highest BCUT2D eigenvalue weighted by atomic mass is 15.2. The number of rotatable bonds is 16. The van der Waals surface area contributed by atoms with E-state index in [2.05, 4.69) is 87.2 Å². The van der Waals surface area contributed by atoms with Crippen molar-refractivity contribution in [2.45, 2.75) is 117 Å². The van der Waals surface area contributed by atoms with E-state index in [1.807, 2.05) is 0 Å². The van der Waals surface area contributed by atoms with Crippen LogP contribution in [0, 0.1) is 11.8 Å². The number of unbranched alkanes of at least 4 members (excludes halogenated alkanes) is 8. The largest absolute Gasteiger partial charge is 0.493 e. The van der Waals surface area contributed by atoms with Crippen molar-refractivity contribution in [2.24, 2.45) is 0 Å². The summed E-state index contributed by atoms with van der Waals surface area (Å²) in [6, 6.07) is 17.3. The van der Waals surface area contributed by atoms with Crippen molar-refractivity contribution in [1.82, 2.24) is 0 Å². The standard InChI is InChI=1S/C36H48N2/c1-4-7-10-11-12-13-14-15-17-23-31-24-18-19-27-34(31)35-29-33(25-16-8-5-2)36(38(35)37)32-26-20-22-30(28-32)21-9-6-3/h18-20,22,24,26-29H,4-13,16-17,21,23,25H2,1-3H3. The predicted molar refractivity (Wildman–Crippen MR) is 164 cm³/mol. The Bertz CT molecular complexity index is 1160. The molecule has 3 rings (SSSR count). The van der Waals surface area contributed by atoms with E-state index in [-0.39, 0.29) is 0 Å². The molecule has 0 N–H and O–H groups in total. The molecular formula is C36H48N2. The molecule has 0 aliphatic carbocycles. The Labute approximate surface area is 232 Å². The minimum absolute atomic E-state index is 0.855. The Morgan fingerprint density at radius 2 is 1.42 bits per heavy atom. The number of hydrogen-bond acceptors (Lipinski definition) is 0. The summed E-state index contributed by atoms with van der Waals surface area (Å²) in [6.45, 7) is 6.73. The van der Waals surface area contributed by atoms with E-state index in [9.17, 15) is 5.53 Å². The fourth-order valence-corrected chi connectivity index (χ4v) is 5.24. The van der Waals surface area contributed by atoms with Gasteiger partial charge in [-0.3, -0.25) is 0 Å². The van der Waals surface area contributed by atoms with Gasteiger partial charge in [0.1, 0.15) is 0 Å². The summed E-state index contributed by atoms with van der Waals surface area (Å²) in [5.74, 6) is 6.78. The molecule has 0 radical (unpaired) electrons. The van der Waals surface area contributed by atoms with Crippen LogP contribution >= 0.6 is 0 Å². The molecule has 2 aromatic carbocycles. The zero-order chi connectivity index (χ0) is 27.0. The van der Waals surface area contributed by atoms with Gasteiger partial charge in [-0.2, -0.15) is 0 Å². The van der Waals surface area contributed by atoms with Gasteiger partial charge in [0.05, 0.1) is 0 Å². The van der Waals surface area contributed by atoms with Gasteiger partial charge in [0.15, 0.2) is 0 Å². The molecule has 1 aliphatic rings. The number of allylic oxidation sites excluding steroid dienone is 2. The third-order valence-electron chi connectivity index (χ3n) is 7.47. The first-order valence-electron chi connectivity index (χ1n) is 15.3. The van der Waals surface area contributed by atoms with Crippen LogP contribution in [-0.2, 0) is 12.8 Å². The highest BCUT2D eigenvalue weighted by Crippen LogP contribution is 2.38. The minimum atomic E-state index is 0.855. The molecule has 2 heteroatoms. The molecule has 1 aliphatic heterocycles. The van der Waals surface area contributed by atoms with Crippen LogP contribution in [-0.4, -0.2) is 4.70 Å². The van der Waals surface area contributed by atoms with Crippen LogP contribution in [0.5, 0.6) is 0 Å². The quantitative estimate of drug-likeness (QED) is 0.122. The SMILES string of the molecule is CCCCCCCC#CCCc1ccccc1C1=CC(CCCCC)=C(c2cccc(CCCC)c2)[N+]1=[N-]. The first-order chi connectivity index (χ1) is 18.7. The lowest BCUT2D eigenvalue weighted by Crippen LogP contribution is -2.05. The Morgan fingerprint density at radius 3 is 2.24 bits per heavy atom. The average molecular weight is 509 g/mol. The van der Waals surface area contributed by atoms with Gasteiger partial charge in [-0.15, -0.1) is 11.8 Å². The van der Waals surface area contributed by atoms with Crippen LogP contribution in [0.15, 0.2) is 60.2 Å². The second kappa shape index (κ2) is 16.8. The van der Waals surface area contributed by atoms with E-state index in [0.717, 1.165) is 61.0 Å². The van der Waals surface area contributed by atoms with E-state index >= 15 is 0 Å². The lowest BCUT2D eigenvalue weighted by Gasteiger charge is -2.13. The molecule has 0 unspecified atom stereocenters. The van der Waals surface area contributed by atoms with E-state index in [4.69, 9.17) is 0 Å². The summed E-state index contributed by atoms with van der Waals surface area (Å²) < 4.78 is 1.46. The zero-order valence-corrected chi connectivity index (χ0v) is 24.2. The van der Waals surface area contributed by atoms with Gasteiger partial charge < -0.3 is 5.53 Å². The smallest absolute Gasteiger partial charge is 0.210 e.